The fraction of sp³-hybridized carbons (Fsp3) is 0.278. The Morgan fingerprint density at radius 3 is 2.09 bits per heavy atom. The molecule has 0 radical (unpaired) electrons. The summed E-state index contributed by atoms with van der Waals surface area (Å²) in [6.45, 7) is 6.33. The molecule has 116 valence electrons. The standard InChI is InChI=1S/C18H18Cl3N/c1-11(2)14-6-4-13(5-7-14)10-22-12(3)15-8-9-16(19)18(21)17(15)20/h4-12H,1-3H3. The minimum atomic E-state index is -0.0907. The van der Waals surface area contributed by atoms with E-state index in [1.165, 1.54) is 5.56 Å². The van der Waals surface area contributed by atoms with Crippen molar-refractivity contribution in [2.45, 2.75) is 32.7 Å². The molecule has 0 bridgehead atoms. The summed E-state index contributed by atoms with van der Waals surface area (Å²) in [7, 11) is 0. The van der Waals surface area contributed by atoms with Crippen LogP contribution in [0.25, 0.3) is 0 Å². The van der Waals surface area contributed by atoms with Crippen LogP contribution in [0.4, 0.5) is 0 Å². The van der Waals surface area contributed by atoms with Gasteiger partial charge in [-0.05, 0) is 35.6 Å². The fourth-order valence-electron chi connectivity index (χ4n) is 2.11. The monoisotopic (exact) mass is 353 g/mol. The molecule has 0 amide bonds. The Morgan fingerprint density at radius 2 is 1.50 bits per heavy atom. The second-order valence-corrected chi connectivity index (χ2v) is 6.70. The van der Waals surface area contributed by atoms with Crippen molar-refractivity contribution in [1.82, 2.24) is 0 Å². The summed E-state index contributed by atoms with van der Waals surface area (Å²) in [5, 5.41) is 1.30. The maximum absolute atomic E-state index is 6.24. The molecule has 0 aliphatic heterocycles. The first-order valence-electron chi connectivity index (χ1n) is 7.16. The average Bonchev–Trinajstić information content (AvgIpc) is 2.51. The van der Waals surface area contributed by atoms with Crippen LogP contribution in [-0.2, 0) is 0 Å². The molecule has 2 rings (SSSR count). The van der Waals surface area contributed by atoms with Gasteiger partial charge in [0.05, 0.1) is 21.1 Å². The fourth-order valence-corrected chi connectivity index (χ4v) is 2.81. The van der Waals surface area contributed by atoms with Gasteiger partial charge in [-0.25, -0.2) is 0 Å². The van der Waals surface area contributed by atoms with Crippen LogP contribution in [0, 0.1) is 0 Å². The van der Waals surface area contributed by atoms with Crippen molar-refractivity contribution >= 4 is 41.0 Å². The van der Waals surface area contributed by atoms with E-state index in [2.05, 4.69) is 43.1 Å². The molecular weight excluding hydrogens is 337 g/mol. The average molecular weight is 355 g/mol. The highest BCUT2D eigenvalue weighted by Gasteiger charge is 2.13. The van der Waals surface area contributed by atoms with Gasteiger partial charge in [0.1, 0.15) is 0 Å². The predicted octanol–water partition coefficient (Wildman–Crippen LogP) is 6.95. The van der Waals surface area contributed by atoms with Crippen LogP contribution >= 0.6 is 34.8 Å². The van der Waals surface area contributed by atoms with Crippen LogP contribution in [0.5, 0.6) is 0 Å². The van der Waals surface area contributed by atoms with Crippen LogP contribution in [0.15, 0.2) is 41.4 Å². The highest BCUT2D eigenvalue weighted by Crippen LogP contribution is 2.36. The quantitative estimate of drug-likeness (QED) is 0.416. The van der Waals surface area contributed by atoms with Gasteiger partial charge in [0.25, 0.3) is 0 Å². The van der Waals surface area contributed by atoms with E-state index in [0.29, 0.717) is 21.0 Å². The number of rotatable bonds is 4. The predicted molar refractivity (Wildman–Crippen MR) is 98.0 cm³/mol. The summed E-state index contributed by atoms with van der Waals surface area (Å²) < 4.78 is 0. The second kappa shape index (κ2) is 7.50. The molecule has 0 spiro atoms. The third kappa shape index (κ3) is 4.04. The highest BCUT2D eigenvalue weighted by molar-refractivity contribution is 6.48. The first-order chi connectivity index (χ1) is 10.4. The van der Waals surface area contributed by atoms with Gasteiger partial charge in [0.15, 0.2) is 0 Å². The van der Waals surface area contributed by atoms with Crippen LogP contribution < -0.4 is 0 Å². The van der Waals surface area contributed by atoms with Crippen LogP contribution in [-0.4, -0.2) is 6.21 Å². The molecule has 1 nitrogen and oxygen atoms in total. The lowest BCUT2D eigenvalue weighted by Crippen LogP contribution is -1.94. The van der Waals surface area contributed by atoms with E-state index in [1.807, 2.05) is 19.2 Å². The topological polar surface area (TPSA) is 12.4 Å². The maximum Gasteiger partial charge on any atom is 0.0782 e. The first-order valence-corrected chi connectivity index (χ1v) is 8.30. The van der Waals surface area contributed by atoms with Crippen molar-refractivity contribution in [3.8, 4) is 0 Å². The van der Waals surface area contributed by atoms with Gasteiger partial charge in [0.2, 0.25) is 0 Å². The maximum atomic E-state index is 6.24. The minimum Gasteiger partial charge on any atom is -0.285 e. The molecule has 2 aromatic rings. The molecule has 0 saturated heterocycles. The minimum absolute atomic E-state index is 0.0907. The molecule has 0 fully saturated rings. The smallest absolute Gasteiger partial charge is 0.0782 e. The van der Waals surface area contributed by atoms with Crippen LogP contribution in [0.1, 0.15) is 49.4 Å². The van der Waals surface area contributed by atoms with Crippen molar-refractivity contribution in [3.63, 3.8) is 0 Å². The summed E-state index contributed by atoms with van der Waals surface area (Å²) >= 11 is 18.3. The van der Waals surface area contributed by atoms with Crippen molar-refractivity contribution in [1.29, 1.82) is 0 Å². The third-order valence-corrected chi connectivity index (χ3v) is 4.87. The Hall–Kier alpha value is -1.02. The van der Waals surface area contributed by atoms with Gasteiger partial charge in [-0.3, -0.25) is 4.99 Å². The normalized spacial score (nSPS) is 13.0. The molecule has 0 heterocycles. The molecule has 4 heteroatoms. The van der Waals surface area contributed by atoms with Crippen molar-refractivity contribution in [2.24, 2.45) is 4.99 Å². The Kier molecular flexibility index (Phi) is 5.91. The van der Waals surface area contributed by atoms with E-state index in [-0.39, 0.29) is 6.04 Å². The summed E-state index contributed by atoms with van der Waals surface area (Å²) in [5.74, 6) is 0.528. The second-order valence-electron chi connectivity index (χ2n) is 5.54. The Morgan fingerprint density at radius 1 is 0.864 bits per heavy atom. The Balaban J connectivity index is 2.17. The number of benzene rings is 2. The summed E-state index contributed by atoms with van der Waals surface area (Å²) in [5.41, 5.74) is 3.25. The zero-order valence-corrected chi connectivity index (χ0v) is 15.0. The number of aliphatic imine (C=N–C) groups is 1. The first kappa shape index (κ1) is 17.3. The molecule has 1 atom stereocenters. The van der Waals surface area contributed by atoms with Crippen LogP contribution in [0.2, 0.25) is 15.1 Å². The highest BCUT2D eigenvalue weighted by atomic mass is 35.5. The van der Waals surface area contributed by atoms with E-state index in [1.54, 1.807) is 6.07 Å². The van der Waals surface area contributed by atoms with E-state index >= 15 is 0 Å². The van der Waals surface area contributed by atoms with E-state index in [9.17, 15) is 0 Å². The SMILES string of the molecule is CC(C)c1ccc(C=NC(C)c2ccc(Cl)c(Cl)c2Cl)cc1. The van der Waals surface area contributed by atoms with Crippen LogP contribution in [0.3, 0.4) is 0 Å². The lowest BCUT2D eigenvalue weighted by Gasteiger charge is -2.11. The number of hydrogen-bond donors (Lipinski definition) is 0. The van der Waals surface area contributed by atoms with Gasteiger partial charge < -0.3 is 0 Å². The van der Waals surface area contributed by atoms with Gasteiger partial charge in [-0.1, -0.05) is 79.0 Å². The molecule has 1 unspecified atom stereocenters. The van der Waals surface area contributed by atoms with Gasteiger partial charge in [-0.2, -0.15) is 0 Å². The van der Waals surface area contributed by atoms with E-state index in [0.717, 1.165) is 11.1 Å². The Bertz CT molecular complexity index is 675. The zero-order valence-electron chi connectivity index (χ0n) is 12.8. The van der Waals surface area contributed by atoms with E-state index < -0.39 is 0 Å². The third-order valence-electron chi connectivity index (χ3n) is 3.57. The number of halogens is 3. The van der Waals surface area contributed by atoms with Gasteiger partial charge in [0, 0.05) is 6.21 Å². The largest absolute Gasteiger partial charge is 0.285 e. The molecule has 2 aromatic carbocycles. The summed E-state index contributed by atoms with van der Waals surface area (Å²) in [4.78, 5) is 4.56. The molecule has 0 N–H and O–H groups in total. The molecule has 22 heavy (non-hydrogen) atoms. The summed E-state index contributed by atoms with van der Waals surface area (Å²) in [6, 6.07) is 11.9. The molecule has 0 saturated carbocycles. The molecular formula is C18H18Cl3N. The van der Waals surface area contributed by atoms with E-state index in [4.69, 9.17) is 34.8 Å². The number of hydrogen-bond acceptors (Lipinski definition) is 1. The van der Waals surface area contributed by atoms with Crippen molar-refractivity contribution in [2.75, 3.05) is 0 Å². The molecule has 0 aliphatic rings. The van der Waals surface area contributed by atoms with Crippen molar-refractivity contribution < 1.29 is 0 Å². The van der Waals surface area contributed by atoms with Crippen molar-refractivity contribution in [3.05, 3.63) is 68.2 Å². The lowest BCUT2D eigenvalue weighted by atomic mass is 10.0. The Labute approximate surface area is 146 Å². The van der Waals surface area contributed by atoms with Gasteiger partial charge >= 0.3 is 0 Å². The molecule has 0 aliphatic carbocycles. The summed E-state index contributed by atoms with van der Waals surface area (Å²) in [6.07, 6.45) is 1.85. The number of nitrogens with zero attached hydrogens (tertiary/aromatic N) is 1. The van der Waals surface area contributed by atoms with Gasteiger partial charge in [-0.15, -0.1) is 0 Å². The zero-order chi connectivity index (χ0) is 16.3. The lowest BCUT2D eigenvalue weighted by molar-refractivity contribution is 0.825. The molecule has 0 aromatic heterocycles.